The van der Waals surface area contributed by atoms with Gasteiger partial charge in [-0.15, -0.1) is 0 Å². The molecule has 2 heteroatoms. The van der Waals surface area contributed by atoms with Gasteiger partial charge in [0.15, 0.2) is 0 Å². The molecule has 106 valence electrons. The van der Waals surface area contributed by atoms with Gasteiger partial charge in [-0.1, -0.05) is 51.1 Å². The van der Waals surface area contributed by atoms with Crippen molar-refractivity contribution in [2.45, 2.75) is 45.8 Å². The lowest BCUT2D eigenvalue weighted by molar-refractivity contribution is 0.0117. The van der Waals surface area contributed by atoms with Crippen molar-refractivity contribution < 1.29 is 5.11 Å². The quantitative estimate of drug-likeness (QED) is 0.897. The van der Waals surface area contributed by atoms with E-state index in [2.05, 4.69) is 25.7 Å². The van der Waals surface area contributed by atoms with E-state index in [0.717, 1.165) is 36.9 Å². The molecule has 1 saturated heterocycles. The molecule has 1 aromatic rings. The van der Waals surface area contributed by atoms with Crippen LogP contribution >= 0.6 is 0 Å². The summed E-state index contributed by atoms with van der Waals surface area (Å²) in [5.41, 5.74) is 1.04. The van der Waals surface area contributed by atoms with E-state index >= 15 is 0 Å². The molecule has 1 aromatic carbocycles. The van der Waals surface area contributed by atoms with Crippen molar-refractivity contribution in [3.63, 3.8) is 0 Å². The molecule has 0 aliphatic carbocycles. The van der Waals surface area contributed by atoms with Crippen LogP contribution < -0.4 is 0 Å². The first-order valence-electron chi connectivity index (χ1n) is 7.60. The number of hydrogen-bond donors (Lipinski definition) is 1. The maximum Gasteiger partial charge on any atom is 0.0945 e. The molecular weight excluding hydrogens is 234 g/mol. The van der Waals surface area contributed by atoms with Gasteiger partial charge >= 0.3 is 0 Å². The Morgan fingerprint density at radius 3 is 2.47 bits per heavy atom. The van der Waals surface area contributed by atoms with Gasteiger partial charge in [0.05, 0.1) is 6.10 Å². The zero-order valence-electron chi connectivity index (χ0n) is 12.4. The number of likely N-dealkylation sites (tertiary alicyclic amines) is 1. The Bertz CT molecular complexity index is 378. The molecule has 1 N–H and O–H groups in total. The van der Waals surface area contributed by atoms with E-state index in [1.807, 2.05) is 30.3 Å². The van der Waals surface area contributed by atoms with Gasteiger partial charge in [-0.25, -0.2) is 0 Å². The minimum Gasteiger partial charge on any atom is -0.387 e. The molecule has 0 bridgehead atoms. The molecule has 1 heterocycles. The summed E-state index contributed by atoms with van der Waals surface area (Å²) in [6.45, 7) is 9.09. The van der Waals surface area contributed by atoms with Crippen molar-refractivity contribution in [1.29, 1.82) is 0 Å². The van der Waals surface area contributed by atoms with E-state index in [9.17, 15) is 5.11 Å². The monoisotopic (exact) mass is 261 g/mol. The van der Waals surface area contributed by atoms with E-state index in [4.69, 9.17) is 0 Å². The maximum absolute atomic E-state index is 10.6. The topological polar surface area (TPSA) is 23.5 Å². The van der Waals surface area contributed by atoms with Crippen molar-refractivity contribution in [3.05, 3.63) is 35.9 Å². The zero-order valence-corrected chi connectivity index (χ0v) is 12.4. The molecule has 19 heavy (non-hydrogen) atoms. The highest BCUT2D eigenvalue weighted by Gasteiger charge is 2.31. The second-order valence-electron chi connectivity index (χ2n) is 6.07. The van der Waals surface area contributed by atoms with E-state index in [0.29, 0.717) is 0 Å². The normalized spacial score (nSPS) is 28.0. The van der Waals surface area contributed by atoms with Crippen LogP contribution in [-0.4, -0.2) is 29.1 Å². The van der Waals surface area contributed by atoms with Crippen LogP contribution in [0.3, 0.4) is 0 Å². The molecular formula is C17H27NO. The van der Waals surface area contributed by atoms with Crippen LogP contribution in [0.15, 0.2) is 30.3 Å². The predicted octanol–water partition coefficient (Wildman–Crippen LogP) is 3.48. The molecule has 4 unspecified atom stereocenters. The molecule has 1 aliphatic rings. The molecule has 2 nitrogen and oxygen atoms in total. The first-order valence-corrected chi connectivity index (χ1v) is 7.60. The smallest absolute Gasteiger partial charge is 0.0945 e. The molecule has 0 amide bonds. The summed E-state index contributed by atoms with van der Waals surface area (Å²) in [5, 5.41) is 10.6. The molecule has 4 atom stereocenters. The van der Waals surface area contributed by atoms with Gasteiger partial charge in [-0.2, -0.15) is 0 Å². The van der Waals surface area contributed by atoms with Crippen molar-refractivity contribution in [2.24, 2.45) is 11.8 Å². The maximum atomic E-state index is 10.6. The van der Waals surface area contributed by atoms with Gasteiger partial charge in [0.2, 0.25) is 0 Å². The number of aliphatic hydroxyl groups is 1. The van der Waals surface area contributed by atoms with Crippen LogP contribution in [0.1, 0.15) is 45.3 Å². The second-order valence-corrected chi connectivity index (χ2v) is 6.07. The van der Waals surface area contributed by atoms with Gasteiger partial charge in [0.25, 0.3) is 0 Å². The summed E-state index contributed by atoms with van der Waals surface area (Å²) in [6, 6.07) is 10.3. The Kier molecular flexibility index (Phi) is 5.00. The average molecular weight is 261 g/mol. The van der Waals surface area contributed by atoms with Gasteiger partial charge in [0.1, 0.15) is 0 Å². The van der Waals surface area contributed by atoms with Gasteiger partial charge in [-0.05, 0) is 36.8 Å². The standard InChI is InChI=1S/C17H27NO/c1-4-16(17(19)15-8-6-5-7-9-15)18-11-10-13(2)14(3)12-18/h5-9,13-14,16-17,19H,4,10-12H2,1-3H3. The summed E-state index contributed by atoms with van der Waals surface area (Å²) in [6.07, 6.45) is 1.88. The van der Waals surface area contributed by atoms with Gasteiger partial charge in [0, 0.05) is 12.6 Å². The second kappa shape index (κ2) is 6.53. The Morgan fingerprint density at radius 1 is 1.21 bits per heavy atom. The van der Waals surface area contributed by atoms with E-state index in [1.165, 1.54) is 6.42 Å². The van der Waals surface area contributed by atoms with Crippen molar-refractivity contribution >= 4 is 0 Å². The fourth-order valence-electron chi connectivity index (χ4n) is 3.15. The predicted molar refractivity (Wildman–Crippen MR) is 80.0 cm³/mol. The van der Waals surface area contributed by atoms with Gasteiger partial charge in [-0.3, -0.25) is 4.90 Å². The van der Waals surface area contributed by atoms with Crippen LogP contribution in [0.2, 0.25) is 0 Å². The SMILES string of the molecule is CCC(C(O)c1ccccc1)N1CCC(C)C(C)C1. The highest BCUT2D eigenvalue weighted by Crippen LogP contribution is 2.29. The molecule has 0 spiro atoms. The minimum absolute atomic E-state index is 0.248. The molecule has 0 aromatic heterocycles. The van der Waals surface area contributed by atoms with Crippen LogP contribution in [0.5, 0.6) is 0 Å². The van der Waals surface area contributed by atoms with E-state index in [1.54, 1.807) is 0 Å². The molecule has 2 rings (SSSR count). The summed E-state index contributed by atoms with van der Waals surface area (Å²) in [7, 11) is 0. The van der Waals surface area contributed by atoms with Crippen LogP contribution in [0.25, 0.3) is 0 Å². The third kappa shape index (κ3) is 3.37. The minimum atomic E-state index is -0.369. The fraction of sp³-hybridized carbons (Fsp3) is 0.647. The first-order chi connectivity index (χ1) is 9.13. The molecule has 0 saturated carbocycles. The molecule has 1 aliphatic heterocycles. The Labute approximate surface area is 117 Å². The summed E-state index contributed by atoms with van der Waals surface area (Å²) in [4.78, 5) is 2.49. The number of hydrogen-bond acceptors (Lipinski definition) is 2. The number of rotatable bonds is 4. The van der Waals surface area contributed by atoms with Crippen LogP contribution in [-0.2, 0) is 0 Å². The lowest BCUT2D eigenvalue weighted by Crippen LogP contribution is -2.46. The van der Waals surface area contributed by atoms with Crippen molar-refractivity contribution in [1.82, 2.24) is 4.90 Å². The Hall–Kier alpha value is -0.860. The zero-order chi connectivity index (χ0) is 13.8. The fourth-order valence-corrected chi connectivity index (χ4v) is 3.15. The lowest BCUT2D eigenvalue weighted by Gasteiger charge is -2.41. The number of piperidine rings is 1. The third-order valence-electron chi connectivity index (χ3n) is 4.76. The summed E-state index contributed by atoms with van der Waals surface area (Å²) in [5.74, 6) is 1.54. The Morgan fingerprint density at radius 2 is 1.89 bits per heavy atom. The lowest BCUT2D eigenvalue weighted by atomic mass is 9.86. The molecule has 1 fully saturated rings. The Balaban J connectivity index is 2.07. The third-order valence-corrected chi connectivity index (χ3v) is 4.76. The molecule has 0 radical (unpaired) electrons. The average Bonchev–Trinajstić information content (AvgIpc) is 2.44. The van der Waals surface area contributed by atoms with Gasteiger partial charge < -0.3 is 5.11 Å². The highest BCUT2D eigenvalue weighted by molar-refractivity contribution is 5.19. The highest BCUT2D eigenvalue weighted by atomic mass is 16.3. The summed E-state index contributed by atoms with van der Waals surface area (Å²) < 4.78 is 0. The van der Waals surface area contributed by atoms with Crippen molar-refractivity contribution in [2.75, 3.05) is 13.1 Å². The van der Waals surface area contributed by atoms with Crippen LogP contribution in [0, 0.1) is 11.8 Å². The van der Waals surface area contributed by atoms with E-state index in [-0.39, 0.29) is 12.1 Å². The largest absolute Gasteiger partial charge is 0.387 e. The summed E-state index contributed by atoms with van der Waals surface area (Å²) >= 11 is 0. The van der Waals surface area contributed by atoms with Crippen LogP contribution in [0.4, 0.5) is 0 Å². The first kappa shape index (κ1) is 14.5. The number of nitrogens with zero attached hydrogens (tertiary/aromatic N) is 1. The number of aliphatic hydroxyl groups excluding tert-OH is 1. The van der Waals surface area contributed by atoms with Crippen molar-refractivity contribution in [3.8, 4) is 0 Å². The van der Waals surface area contributed by atoms with E-state index < -0.39 is 0 Å². The number of benzene rings is 1.